The molecule has 1 amide bonds. The van der Waals surface area contributed by atoms with Crippen molar-refractivity contribution in [3.63, 3.8) is 0 Å². The molecule has 0 radical (unpaired) electrons. The van der Waals surface area contributed by atoms with Crippen LogP contribution in [-0.4, -0.2) is 29.0 Å². The van der Waals surface area contributed by atoms with Gasteiger partial charge in [0.2, 0.25) is 0 Å². The molecule has 0 aliphatic carbocycles. The Morgan fingerprint density at radius 3 is 2.38 bits per heavy atom. The summed E-state index contributed by atoms with van der Waals surface area (Å²) in [4.78, 5) is 41.2. The molecule has 0 aliphatic rings. The Kier molecular flexibility index (Phi) is 7.01. The molecular formula is C24H26ClN3O4. The summed E-state index contributed by atoms with van der Waals surface area (Å²) >= 11 is 6.46. The van der Waals surface area contributed by atoms with Crippen molar-refractivity contribution in [2.75, 3.05) is 11.4 Å². The van der Waals surface area contributed by atoms with E-state index in [-0.39, 0.29) is 22.3 Å². The van der Waals surface area contributed by atoms with Crippen molar-refractivity contribution in [2.24, 2.45) is 18.7 Å². The summed E-state index contributed by atoms with van der Waals surface area (Å²) in [6.07, 6.45) is 0. The lowest BCUT2D eigenvalue weighted by Crippen LogP contribution is -2.41. The molecule has 0 saturated heterocycles. The van der Waals surface area contributed by atoms with Crippen LogP contribution < -0.4 is 20.9 Å². The van der Waals surface area contributed by atoms with Crippen LogP contribution in [-0.2, 0) is 11.8 Å². The number of rotatable bonds is 6. The first-order chi connectivity index (χ1) is 15.2. The van der Waals surface area contributed by atoms with Gasteiger partial charge in [0.1, 0.15) is 11.6 Å². The largest absolute Gasteiger partial charge is 0.424 e. The predicted octanol–water partition coefficient (Wildman–Crippen LogP) is 3.75. The van der Waals surface area contributed by atoms with Gasteiger partial charge in [-0.3, -0.25) is 9.59 Å². The first-order valence-corrected chi connectivity index (χ1v) is 10.7. The number of pyridine rings is 1. The molecule has 0 spiro atoms. The van der Waals surface area contributed by atoms with Crippen LogP contribution in [0.2, 0.25) is 5.02 Å². The molecule has 32 heavy (non-hydrogen) atoms. The number of fused-ring (bicyclic) bond motifs is 1. The van der Waals surface area contributed by atoms with Crippen LogP contribution in [0.3, 0.4) is 0 Å². The van der Waals surface area contributed by atoms with Crippen molar-refractivity contribution >= 4 is 40.1 Å². The van der Waals surface area contributed by atoms with Gasteiger partial charge in [0, 0.05) is 19.3 Å². The number of esters is 1. The van der Waals surface area contributed by atoms with Gasteiger partial charge < -0.3 is 19.9 Å². The first kappa shape index (κ1) is 23.5. The molecule has 0 saturated carbocycles. The van der Waals surface area contributed by atoms with Gasteiger partial charge >= 0.3 is 5.97 Å². The number of ether oxygens (including phenoxy) is 1. The molecule has 1 heterocycles. The molecule has 0 fully saturated rings. The average Bonchev–Trinajstić information content (AvgIpc) is 2.77. The molecule has 3 rings (SSSR count). The first-order valence-electron chi connectivity index (χ1n) is 10.3. The minimum absolute atomic E-state index is 0.172. The fourth-order valence-electron chi connectivity index (χ4n) is 3.43. The Labute approximate surface area is 191 Å². The maximum absolute atomic E-state index is 13.7. The van der Waals surface area contributed by atoms with Crippen LogP contribution in [0.4, 0.5) is 5.69 Å². The minimum Gasteiger partial charge on any atom is -0.424 e. The summed E-state index contributed by atoms with van der Waals surface area (Å²) in [5, 5.41) is 0.545. The summed E-state index contributed by atoms with van der Waals surface area (Å²) in [7, 11) is 1.54. The number of halogens is 1. The number of anilines is 1. The highest BCUT2D eigenvalue weighted by Crippen LogP contribution is 2.35. The van der Waals surface area contributed by atoms with Crippen molar-refractivity contribution in [1.29, 1.82) is 0 Å². The zero-order valence-electron chi connectivity index (χ0n) is 18.5. The quantitative estimate of drug-likeness (QED) is 0.571. The van der Waals surface area contributed by atoms with Crippen LogP contribution in [0.15, 0.2) is 53.3 Å². The third-order valence-corrected chi connectivity index (χ3v) is 5.68. The number of amides is 1. The van der Waals surface area contributed by atoms with E-state index < -0.39 is 23.5 Å². The Balaban J connectivity index is 2.30. The second-order valence-corrected chi connectivity index (χ2v) is 8.19. The topological polar surface area (TPSA) is 94.6 Å². The molecule has 3 aromatic rings. The lowest BCUT2D eigenvalue weighted by molar-refractivity contribution is -0.136. The van der Waals surface area contributed by atoms with Crippen molar-refractivity contribution in [1.82, 2.24) is 4.57 Å². The number of nitrogens with two attached hydrogens (primary N) is 1. The van der Waals surface area contributed by atoms with Gasteiger partial charge in [-0.1, -0.05) is 49.7 Å². The van der Waals surface area contributed by atoms with Gasteiger partial charge in [0.25, 0.3) is 11.5 Å². The molecule has 8 heteroatoms. The number of nitrogens with zero attached hydrogens (tertiary/aromatic N) is 2. The Bertz CT molecular complexity index is 1220. The average molecular weight is 456 g/mol. The lowest BCUT2D eigenvalue weighted by atomic mass is 10.1. The summed E-state index contributed by atoms with van der Waals surface area (Å²) < 4.78 is 6.97. The second kappa shape index (κ2) is 9.54. The summed E-state index contributed by atoms with van der Waals surface area (Å²) in [5.74, 6) is -1.71. The number of aromatic nitrogens is 1. The Morgan fingerprint density at radius 2 is 1.78 bits per heavy atom. The van der Waals surface area contributed by atoms with E-state index in [9.17, 15) is 14.4 Å². The highest BCUT2D eigenvalue weighted by molar-refractivity contribution is 6.36. The molecular weight excluding hydrogens is 430 g/mol. The molecule has 2 aromatic carbocycles. The van der Waals surface area contributed by atoms with Crippen molar-refractivity contribution in [3.05, 3.63) is 69.5 Å². The smallest absolute Gasteiger partial charge is 0.328 e. The molecule has 0 bridgehead atoms. The normalized spacial score (nSPS) is 12.1. The van der Waals surface area contributed by atoms with Gasteiger partial charge in [-0.05, 0) is 37.1 Å². The van der Waals surface area contributed by atoms with Gasteiger partial charge in [-0.25, -0.2) is 4.79 Å². The van der Waals surface area contributed by atoms with E-state index in [2.05, 4.69) is 0 Å². The van der Waals surface area contributed by atoms with E-state index in [0.29, 0.717) is 23.1 Å². The summed E-state index contributed by atoms with van der Waals surface area (Å²) in [5.41, 5.74) is 6.14. The number of benzene rings is 2. The van der Waals surface area contributed by atoms with Gasteiger partial charge in [-0.15, -0.1) is 0 Å². The van der Waals surface area contributed by atoms with Crippen molar-refractivity contribution in [2.45, 2.75) is 26.8 Å². The highest BCUT2D eigenvalue weighted by atomic mass is 35.5. The molecule has 7 nitrogen and oxygen atoms in total. The number of aryl methyl sites for hydroxylation is 1. The summed E-state index contributed by atoms with van der Waals surface area (Å²) in [6.45, 7) is 5.65. The van der Waals surface area contributed by atoms with Crippen LogP contribution in [0.1, 0.15) is 31.1 Å². The standard InChI is InChI=1S/C24H26ClN3O4/c1-5-28(15-10-7-6-8-11-15)23(30)19-21(32-24(31)20(26)14(2)3)18-16(25)12-9-13-17(18)27(4)22(19)29/h6-14,20H,5,26H2,1-4H3/t20-/m0/s1. The third kappa shape index (κ3) is 4.26. The maximum Gasteiger partial charge on any atom is 0.328 e. The van der Waals surface area contributed by atoms with E-state index in [4.69, 9.17) is 22.1 Å². The zero-order chi connectivity index (χ0) is 23.6. The number of carbonyl (C=O) groups is 2. The van der Waals surface area contributed by atoms with Crippen LogP contribution in [0.25, 0.3) is 10.9 Å². The zero-order valence-corrected chi connectivity index (χ0v) is 19.2. The molecule has 0 unspecified atom stereocenters. The number of hydrogen-bond acceptors (Lipinski definition) is 5. The van der Waals surface area contributed by atoms with E-state index in [1.807, 2.05) is 6.07 Å². The van der Waals surface area contributed by atoms with E-state index in [1.165, 1.54) is 9.47 Å². The molecule has 1 atom stereocenters. The summed E-state index contributed by atoms with van der Waals surface area (Å²) in [6, 6.07) is 13.0. The van der Waals surface area contributed by atoms with Gasteiger partial charge in [0.05, 0.1) is 15.9 Å². The molecule has 0 aliphatic heterocycles. The number of carbonyl (C=O) groups excluding carboxylic acids is 2. The fraction of sp³-hybridized carbons (Fsp3) is 0.292. The minimum atomic E-state index is -0.934. The second-order valence-electron chi connectivity index (χ2n) is 7.78. The molecule has 168 valence electrons. The van der Waals surface area contributed by atoms with Crippen molar-refractivity contribution in [3.8, 4) is 5.75 Å². The SMILES string of the molecule is CCN(C(=O)c1c(OC(=O)[C@@H](N)C(C)C)c2c(Cl)cccc2n(C)c1=O)c1ccccc1. The predicted molar refractivity (Wildman–Crippen MR) is 126 cm³/mol. The lowest BCUT2D eigenvalue weighted by Gasteiger charge is -2.24. The monoisotopic (exact) mass is 455 g/mol. The Morgan fingerprint density at radius 1 is 1.12 bits per heavy atom. The Hall–Kier alpha value is -3.16. The molecule has 1 aromatic heterocycles. The van der Waals surface area contributed by atoms with Crippen LogP contribution >= 0.6 is 11.6 Å². The van der Waals surface area contributed by atoms with E-state index >= 15 is 0 Å². The van der Waals surface area contributed by atoms with Crippen LogP contribution in [0.5, 0.6) is 5.75 Å². The molecule has 2 N–H and O–H groups in total. The van der Waals surface area contributed by atoms with Gasteiger partial charge in [-0.2, -0.15) is 0 Å². The number of hydrogen-bond donors (Lipinski definition) is 1. The number of para-hydroxylation sites is 1. The van der Waals surface area contributed by atoms with Gasteiger partial charge in [0.15, 0.2) is 5.75 Å². The van der Waals surface area contributed by atoms with E-state index in [0.717, 1.165) is 0 Å². The maximum atomic E-state index is 13.7. The fourth-order valence-corrected chi connectivity index (χ4v) is 3.69. The van der Waals surface area contributed by atoms with Crippen molar-refractivity contribution < 1.29 is 14.3 Å². The highest BCUT2D eigenvalue weighted by Gasteiger charge is 2.31. The van der Waals surface area contributed by atoms with E-state index in [1.54, 1.807) is 70.3 Å². The third-order valence-electron chi connectivity index (χ3n) is 5.36. The van der Waals surface area contributed by atoms with Crippen LogP contribution in [0, 0.1) is 5.92 Å².